The molecule has 8 nitrogen and oxygen atoms in total. The van der Waals surface area contributed by atoms with Gasteiger partial charge in [-0.2, -0.15) is 0 Å². The number of amides is 2. The van der Waals surface area contributed by atoms with E-state index in [1.54, 1.807) is 32.3 Å². The lowest BCUT2D eigenvalue weighted by molar-refractivity contribution is -0.142. The largest absolute Gasteiger partial charge is 0.493 e. The van der Waals surface area contributed by atoms with E-state index in [1.165, 1.54) is 18.9 Å². The van der Waals surface area contributed by atoms with E-state index in [0.29, 0.717) is 36.8 Å². The number of hydrogen-bond acceptors (Lipinski definition) is 7. The minimum Gasteiger partial charge on any atom is -0.493 e. The summed E-state index contributed by atoms with van der Waals surface area (Å²) in [4.78, 5) is 27.0. The SMILES string of the molecule is COCCCNC(=O)C1CSC(c2ccc(OC)c(OC)c2)N1C(=O)COC. The third-order valence-corrected chi connectivity index (χ3v) is 5.70. The third kappa shape index (κ3) is 5.30. The molecule has 156 valence electrons. The zero-order valence-electron chi connectivity index (χ0n) is 16.7. The Balaban J connectivity index is 2.22. The maximum Gasteiger partial charge on any atom is 0.250 e. The van der Waals surface area contributed by atoms with Crippen molar-refractivity contribution in [3.8, 4) is 11.5 Å². The Labute approximate surface area is 169 Å². The minimum atomic E-state index is -0.562. The lowest BCUT2D eigenvalue weighted by Gasteiger charge is -2.29. The Kier molecular flexibility index (Phi) is 8.88. The van der Waals surface area contributed by atoms with E-state index in [9.17, 15) is 9.59 Å². The predicted octanol–water partition coefficient (Wildman–Crippen LogP) is 1.45. The molecule has 2 atom stereocenters. The van der Waals surface area contributed by atoms with Gasteiger partial charge in [0.15, 0.2) is 11.5 Å². The van der Waals surface area contributed by atoms with Crippen molar-refractivity contribution in [2.45, 2.75) is 17.8 Å². The second kappa shape index (κ2) is 11.1. The molecule has 0 aromatic heterocycles. The monoisotopic (exact) mass is 412 g/mol. The highest BCUT2D eigenvalue weighted by molar-refractivity contribution is 7.99. The third-order valence-electron chi connectivity index (χ3n) is 4.38. The van der Waals surface area contributed by atoms with Crippen molar-refractivity contribution in [3.05, 3.63) is 23.8 Å². The number of hydrogen-bond donors (Lipinski definition) is 1. The Morgan fingerprint density at radius 1 is 1.14 bits per heavy atom. The quantitative estimate of drug-likeness (QED) is 0.582. The molecule has 2 unspecified atom stereocenters. The number of thioether (sulfide) groups is 1. The first kappa shape index (κ1) is 22.3. The maximum atomic E-state index is 12.7. The molecule has 1 heterocycles. The average molecular weight is 413 g/mol. The number of rotatable bonds is 10. The van der Waals surface area contributed by atoms with Crippen molar-refractivity contribution >= 4 is 23.6 Å². The first-order chi connectivity index (χ1) is 13.6. The van der Waals surface area contributed by atoms with Gasteiger partial charge in [-0.3, -0.25) is 9.59 Å². The van der Waals surface area contributed by atoms with Gasteiger partial charge in [-0.05, 0) is 24.1 Å². The summed E-state index contributed by atoms with van der Waals surface area (Å²) in [5, 5.41) is 2.58. The maximum absolute atomic E-state index is 12.7. The van der Waals surface area contributed by atoms with E-state index in [1.807, 2.05) is 12.1 Å². The van der Waals surface area contributed by atoms with Crippen LogP contribution in [0.1, 0.15) is 17.4 Å². The number of carbonyl (C=O) groups is 2. The number of ether oxygens (including phenoxy) is 4. The van der Waals surface area contributed by atoms with Crippen LogP contribution in [0.15, 0.2) is 18.2 Å². The molecular weight excluding hydrogens is 384 g/mol. The van der Waals surface area contributed by atoms with Crippen molar-refractivity contribution < 1.29 is 28.5 Å². The fourth-order valence-electron chi connectivity index (χ4n) is 3.02. The Morgan fingerprint density at radius 3 is 2.54 bits per heavy atom. The van der Waals surface area contributed by atoms with Crippen LogP contribution in [0, 0.1) is 0 Å². The van der Waals surface area contributed by atoms with Gasteiger partial charge in [0.1, 0.15) is 18.0 Å². The molecule has 9 heteroatoms. The fraction of sp³-hybridized carbons (Fsp3) is 0.579. The second-order valence-electron chi connectivity index (χ2n) is 6.19. The number of carbonyl (C=O) groups excluding carboxylic acids is 2. The molecule has 0 spiro atoms. The van der Waals surface area contributed by atoms with Crippen LogP contribution in [0.2, 0.25) is 0 Å². The molecule has 1 fully saturated rings. The molecule has 0 bridgehead atoms. The lowest BCUT2D eigenvalue weighted by atomic mass is 10.1. The molecule has 1 N–H and O–H groups in total. The zero-order chi connectivity index (χ0) is 20.5. The van der Waals surface area contributed by atoms with E-state index >= 15 is 0 Å². The van der Waals surface area contributed by atoms with Crippen LogP contribution < -0.4 is 14.8 Å². The molecule has 28 heavy (non-hydrogen) atoms. The lowest BCUT2D eigenvalue weighted by Crippen LogP contribution is -2.49. The van der Waals surface area contributed by atoms with Crippen molar-refractivity contribution in [2.75, 3.05) is 54.0 Å². The molecule has 1 aromatic rings. The Hall–Kier alpha value is -1.97. The highest BCUT2D eigenvalue weighted by atomic mass is 32.2. The minimum absolute atomic E-state index is 0.0855. The van der Waals surface area contributed by atoms with E-state index in [4.69, 9.17) is 18.9 Å². The standard InChI is InChI=1S/C19H28N2O6S/c1-24-9-5-8-20-18(23)14-12-28-19(21(14)17(22)11-25-2)13-6-7-15(26-3)16(10-13)27-4/h6-7,10,14,19H,5,8-9,11-12H2,1-4H3,(H,20,23). The highest BCUT2D eigenvalue weighted by Gasteiger charge is 2.42. The van der Waals surface area contributed by atoms with Gasteiger partial charge in [0.05, 0.1) is 14.2 Å². The van der Waals surface area contributed by atoms with Gasteiger partial charge < -0.3 is 29.2 Å². The highest BCUT2D eigenvalue weighted by Crippen LogP contribution is 2.43. The van der Waals surface area contributed by atoms with Crippen LogP contribution in [0.5, 0.6) is 11.5 Å². The summed E-state index contributed by atoms with van der Waals surface area (Å²) in [5.41, 5.74) is 0.863. The van der Waals surface area contributed by atoms with Gasteiger partial charge in [0.2, 0.25) is 11.8 Å². The first-order valence-electron chi connectivity index (χ1n) is 8.97. The topological polar surface area (TPSA) is 86.3 Å². The average Bonchev–Trinajstić information content (AvgIpc) is 3.16. The van der Waals surface area contributed by atoms with Gasteiger partial charge in [-0.15, -0.1) is 11.8 Å². The summed E-state index contributed by atoms with van der Waals surface area (Å²) >= 11 is 1.54. The predicted molar refractivity (Wildman–Crippen MR) is 107 cm³/mol. The van der Waals surface area contributed by atoms with Crippen molar-refractivity contribution in [1.82, 2.24) is 10.2 Å². The number of nitrogens with one attached hydrogen (secondary N) is 1. The Bertz CT molecular complexity index is 672. The van der Waals surface area contributed by atoms with Crippen LogP contribution in [0.3, 0.4) is 0 Å². The zero-order valence-corrected chi connectivity index (χ0v) is 17.5. The number of nitrogens with zero attached hydrogens (tertiary/aromatic N) is 1. The van der Waals surface area contributed by atoms with Gasteiger partial charge >= 0.3 is 0 Å². The summed E-state index contributed by atoms with van der Waals surface area (Å²) in [6.45, 7) is 0.985. The summed E-state index contributed by atoms with van der Waals surface area (Å²) in [6.07, 6.45) is 0.716. The molecule has 1 saturated heterocycles. The van der Waals surface area contributed by atoms with E-state index in [2.05, 4.69) is 5.32 Å². The molecule has 0 radical (unpaired) electrons. The molecule has 1 aliphatic heterocycles. The van der Waals surface area contributed by atoms with E-state index in [-0.39, 0.29) is 23.8 Å². The normalized spacial score (nSPS) is 18.8. The molecule has 2 amide bonds. The van der Waals surface area contributed by atoms with Crippen molar-refractivity contribution in [1.29, 1.82) is 0 Å². The molecule has 1 aliphatic rings. The number of benzene rings is 1. The van der Waals surface area contributed by atoms with Crippen LogP contribution in [0.4, 0.5) is 0 Å². The molecular formula is C19H28N2O6S. The van der Waals surface area contributed by atoms with Crippen LogP contribution in [-0.4, -0.2) is 76.7 Å². The molecule has 0 saturated carbocycles. The Morgan fingerprint density at radius 2 is 1.89 bits per heavy atom. The van der Waals surface area contributed by atoms with Gasteiger partial charge in [-0.1, -0.05) is 6.07 Å². The molecule has 1 aromatic carbocycles. The fourth-order valence-corrected chi connectivity index (χ4v) is 4.46. The van der Waals surface area contributed by atoms with Gasteiger partial charge in [0, 0.05) is 33.1 Å². The van der Waals surface area contributed by atoms with Gasteiger partial charge in [0.25, 0.3) is 0 Å². The summed E-state index contributed by atoms with van der Waals surface area (Å²) in [7, 11) is 6.22. The van der Waals surface area contributed by atoms with E-state index < -0.39 is 6.04 Å². The van der Waals surface area contributed by atoms with Gasteiger partial charge in [-0.25, -0.2) is 0 Å². The summed E-state index contributed by atoms with van der Waals surface area (Å²) in [5.74, 6) is 1.29. The van der Waals surface area contributed by atoms with Crippen molar-refractivity contribution in [3.63, 3.8) is 0 Å². The smallest absolute Gasteiger partial charge is 0.250 e. The van der Waals surface area contributed by atoms with Crippen LogP contribution in [-0.2, 0) is 19.1 Å². The van der Waals surface area contributed by atoms with E-state index in [0.717, 1.165) is 5.56 Å². The van der Waals surface area contributed by atoms with Crippen LogP contribution >= 0.6 is 11.8 Å². The summed E-state index contributed by atoms with van der Waals surface area (Å²) in [6, 6.07) is 4.95. The molecule has 2 rings (SSSR count). The summed E-state index contributed by atoms with van der Waals surface area (Å²) < 4.78 is 20.7. The molecule has 0 aliphatic carbocycles. The second-order valence-corrected chi connectivity index (χ2v) is 7.30. The number of methoxy groups -OCH3 is 4. The van der Waals surface area contributed by atoms with Crippen LogP contribution in [0.25, 0.3) is 0 Å². The van der Waals surface area contributed by atoms with Crippen molar-refractivity contribution in [2.24, 2.45) is 0 Å². The first-order valence-corrected chi connectivity index (χ1v) is 10.0.